The molecule has 1 amide bonds. The second kappa shape index (κ2) is 12.5. The summed E-state index contributed by atoms with van der Waals surface area (Å²) in [7, 11) is -4.52. The third-order valence-corrected chi connectivity index (χ3v) is 7.97. The number of carbonyl (C=O) groups is 1. The van der Waals surface area contributed by atoms with Gasteiger partial charge in [0, 0.05) is 26.7 Å². The molecule has 0 spiro atoms. The average Bonchev–Trinajstić information content (AvgIpc) is 2.92. The van der Waals surface area contributed by atoms with E-state index in [2.05, 4.69) is 9.98 Å². The number of nitrogens with zero attached hydrogens (tertiary/aromatic N) is 3. The monoisotopic (exact) mass is 628 g/mol. The molecular formula is C30H27Cl2FN4O4S. The molecule has 8 nitrogen and oxygen atoms in total. The van der Waals surface area contributed by atoms with Crippen molar-refractivity contribution in [3.63, 3.8) is 0 Å². The minimum atomic E-state index is -4.52. The van der Waals surface area contributed by atoms with Gasteiger partial charge in [0.1, 0.15) is 5.60 Å². The summed E-state index contributed by atoms with van der Waals surface area (Å²) in [6.07, 6.45) is -1.26. The highest BCUT2D eigenvalue weighted by atomic mass is 35.5. The maximum Gasteiger partial charge on any atom is 0.431 e. The van der Waals surface area contributed by atoms with Crippen LogP contribution < -0.4 is 5.73 Å². The van der Waals surface area contributed by atoms with E-state index in [1.54, 1.807) is 75.4 Å². The van der Waals surface area contributed by atoms with E-state index < -0.39 is 40.2 Å². The summed E-state index contributed by atoms with van der Waals surface area (Å²) in [5, 5.41) is 1.02. The molecule has 4 rings (SSSR count). The molecule has 0 unspecified atom stereocenters. The van der Waals surface area contributed by atoms with Crippen molar-refractivity contribution < 1.29 is 22.3 Å². The van der Waals surface area contributed by atoms with Crippen LogP contribution in [0.15, 0.2) is 94.8 Å². The van der Waals surface area contributed by atoms with E-state index in [1.807, 2.05) is 0 Å². The lowest BCUT2D eigenvalue weighted by Crippen LogP contribution is -2.48. The number of pyridine rings is 1. The number of halogens is 3. The predicted octanol–water partition coefficient (Wildman–Crippen LogP) is 7.30. The molecule has 2 N–H and O–H groups in total. The fraction of sp³-hybridized carbons (Fsp3) is 0.167. The largest absolute Gasteiger partial charge is 0.443 e. The van der Waals surface area contributed by atoms with Crippen molar-refractivity contribution in [3.8, 4) is 22.4 Å². The number of nitrogens with two attached hydrogens (primary N) is 1. The van der Waals surface area contributed by atoms with Crippen LogP contribution in [0.25, 0.3) is 22.4 Å². The van der Waals surface area contributed by atoms with Crippen LogP contribution in [0.3, 0.4) is 0 Å². The molecular weight excluding hydrogens is 602 g/mol. The second-order valence-electron chi connectivity index (χ2n) is 10.1. The standard InChI is InChI=1S/C30H27Cl2FN4O4S/c1-30(2,3)41-29(38)37(42(39,40)24-7-5-4-6-8-24)28(34)35-18-21-17-25(19-9-13-22(31)14-10-19)26(36-27(21)33)20-11-15-23(32)16-12-20/h4-17H,18H2,1-3H3,(H2,34,35). The number of hydrogen-bond acceptors (Lipinski definition) is 6. The SMILES string of the molecule is CC(C)(C)OC(=O)N(C(N)=NCc1cc(-c2ccc(Cl)cc2)c(-c2ccc(Cl)cc2)nc1F)S(=O)(=O)c1ccccc1. The lowest BCUT2D eigenvalue weighted by Gasteiger charge is -2.26. The van der Waals surface area contributed by atoms with Gasteiger partial charge in [0.05, 0.1) is 17.1 Å². The highest BCUT2D eigenvalue weighted by Crippen LogP contribution is 2.34. The molecule has 0 radical (unpaired) electrons. The molecule has 12 heteroatoms. The predicted molar refractivity (Wildman–Crippen MR) is 162 cm³/mol. The zero-order valence-corrected chi connectivity index (χ0v) is 25.2. The van der Waals surface area contributed by atoms with Gasteiger partial charge < -0.3 is 10.5 Å². The van der Waals surface area contributed by atoms with Gasteiger partial charge in [-0.3, -0.25) is 0 Å². The number of guanidine groups is 1. The molecule has 0 bridgehead atoms. The molecule has 0 saturated heterocycles. The molecule has 0 atom stereocenters. The van der Waals surface area contributed by atoms with Gasteiger partial charge in [-0.2, -0.15) is 4.39 Å². The van der Waals surface area contributed by atoms with Crippen LogP contribution in [-0.2, 0) is 21.3 Å². The molecule has 1 heterocycles. The maximum absolute atomic E-state index is 15.4. The first-order valence-electron chi connectivity index (χ1n) is 12.6. The normalized spacial score (nSPS) is 12.2. The smallest absolute Gasteiger partial charge is 0.431 e. The average molecular weight is 630 g/mol. The van der Waals surface area contributed by atoms with Crippen molar-refractivity contribution in [1.29, 1.82) is 0 Å². The summed E-state index contributed by atoms with van der Waals surface area (Å²) in [6, 6.07) is 22.4. The molecule has 0 aliphatic heterocycles. The number of carbonyl (C=O) groups excluding carboxylic acids is 1. The fourth-order valence-electron chi connectivity index (χ4n) is 3.87. The van der Waals surface area contributed by atoms with E-state index in [0.29, 0.717) is 32.4 Å². The molecule has 0 fully saturated rings. The highest BCUT2D eigenvalue weighted by molar-refractivity contribution is 7.90. The molecule has 4 aromatic rings. The summed E-state index contributed by atoms with van der Waals surface area (Å²) in [6.45, 7) is 4.29. The Labute approximate surface area is 253 Å². The topological polar surface area (TPSA) is 115 Å². The van der Waals surface area contributed by atoms with Gasteiger partial charge in [-0.1, -0.05) is 65.7 Å². The van der Waals surface area contributed by atoms with Gasteiger partial charge in [0.15, 0.2) is 0 Å². The van der Waals surface area contributed by atoms with Gasteiger partial charge >= 0.3 is 6.09 Å². The van der Waals surface area contributed by atoms with Crippen molar-refractivity contribution in [3.05, 3.63) is 106 Å². The number of amides is 1. The third kappa shape index (κ3) is 7.25. The van der Waals surface area contributed by atoms with Crippen LogP contribution in [-0.4, -0.2) is 35.4 Å². The number of sulfonamides is 1. The van der Waals surface area contributed by atoms with Crippen molar-refractivity contribution in [2.24, 2.45) is 10.7 Å². The maximum atomic E-state index is 15.4. The van der Waals surface area contributed by atoms with Crippen LogP contribution in [0.1, 0.15) is 26.3 Å². The van der Waals surface area contributed by atoms with Crippen LogP contribution in [0, 0.1) is 5.95 Å². The van der Waals surface area contributed by atoms with E-state index in [0.717, 1.165) is 0 Å². The lowest BCUT2D eigenvalue weighted by atomic mass is 9.97. The first-order chi connectivity index (χ1) is 19.8. The van der Waals surface area contributed by atoms with Crippen molar-refractivity contribution in [2.75, 3.05) is 0 Å². The molecule has 218 valence electrons. The molecule has 1 aromatic heterocycles. The summed E-state index contributed by atoms with van der Waals surface area (Å²) in [5.74, 6) is -1.56. The second-order valence-corrected chi connectivity index (χ2v) is 12.7. The quantitative estimate of drug-likeness (QED) is 0.136. The fourth-order valence-corrected chi connectivity index (χ4v) is 5.37. The molecule has 42 heavy (non-hydrogen) atoms. The first-order valence-corrected chi connectivity index (χ1v) is 14.8. The molecule has 3 aromatic carbocycles. The van der Waals surface area contributed by atoms with E-state index in [-0.39, 0.29) is 14.8 Å². The molecule has 0 aliphatic carbocycles. The van der Waals surface area contributed by atoms with Crippen LogP contribution in [0.5, 0.6) is 0 Å². The van der Waals surface area contributed by atoms with Crippen molar-refractivity contribution >= 4 is 45.3 Å². The Morgan fingerprint density at radius 2 is 1.50 bits per heavy atom. The Hall–Kier alpha value is -3.99. The van der Waals surface area contributed by atoms with E-state index >= 15 is 4.39 Å². The lowest BCUT2D eigenvalue weighted by molar-refractivity contribution is 0.0463. The summed E-state index contributed by atoms with van der Waals surface area (Å²) in [4.78, 5) is 21.1. The summed E-state index contributed by atoms with van der Waals surface area (Å²) < 4.78 is 47.8. The minimum absolute atomic E-state index is 0.00172. The van der Waals surface area contributed by atoms with Gasteiger partial charge in [-0.05, 0) is 68.8 Å². The highest BCUT2D eigenvalue weighted by Gasteiger charge is 2.36. The Morgan fingerprint density at radius 3 is 2.05 bits per heavy atom. The van der Waals surface area contributed by atoms with Gasteiger partial charge in [0.25, 0.3) is 10.0 Å². The summed E-state index contributed by atoms with van der Waals surface area (Å²) in [5.41, 5.74) is 7.25. The van der Waals surface area contributed by atoms with Gasteiger partial charge in [-0.15, -0.1) is 4.31 Å². The van der Waals surface area contributed by atoms with E-state index in [9.17, 15) is 13.2 Å². The summed E-state index contributed by atoms with van der Waals surface area (Å²) >= 11 is 12.1. The number of hydrogen-bond donors (Lipinski definition) is 1. The Morgan fingerprint density at radius 1 is 0.952 bits per heavy atom. The van der Waals surface area contributed by atoms with Gasteiger partial charge in [-0.25, -0.2) is 23.2 Å². The van der Waals surface area contributed by atoms with Crippen LogP contribution >= 0.6 is 23.2 Å². The van der Waals surface area contributed by atoms with Crippen molar-refractivity contribution in [2.45, 2.75) is 37.8 Å². The van der Waals surface area contributed by atoms with Crippen molar-refractivity contribution in [1.82, 2.24) is 9.29 Å². The molecule has 0 aliphatic rings. The molecule has 0 saturated carbocycles. The van der Waals surface area contributed by atoms with Crippen LogP contribution in [0.4, 0.5) is 9.18 Å². The Kier molecular flexibility index (Phi) is 9.20. The minimum Gasteiger partial charge on any atom is -0.443 e. The van der Waals surface area contributed by atoms with E-state index in [4.69, 9.17) is 33.7 Å². The number of aromatic nitrogens is 1. The Bertz CT molecular complexity index is 1730. The number of benzene rings is 3. The zero-order chi connectivity index (χ0) is 30.7. The number of aliphatic imine (C=N–C) groups is 1. The van der Waals surface area contributed by atoms with Gasteiger partial charge in [0.2, 0.25) is 11.9 Å². The third-order valence-electron chi connectivity index (χ3n) is 5.78. The van der Waals surface area contributed by atoms with Crippen LogP contribution in [0.2, 0.25) is 10.0 Å². The zero-order valence-electron chi connectivity index (χ0n) is 22.9. The number of ether oxygens (including phenoxy) is 1. The van der Waals surface area contributed by atoms with E-state index in [1.165, 1.54) is 30.3 Å². The first kappa shape index (κ1) is 31.0. The Balaban J connectivity index is 1.78. The number of rotatable bonds is 6.